The van der Waals surface area contributed by atoms with Gasteiger partial charge in [-0.3, -0.25) is 0 Å². The van der Waals surface area contributed by atoms with Gasteiger partial charge >= 0.3 is 0 Å². The minimum absolute atomic E-state index is 0.0756. The van der Waals surface area contributed by atoms with E-state index in [0.29, 0.717) is 0 Å². The summed E-state index contributed by atoms with van der Waals surface area (Å²) in [6, 6.07) is 1.92. The average molecular weight is 186 g/mol. The van der Waals surface area contributed by atoms with E-state index in [1.54, 1.807) is 0 Å². The van der Waals surface area contributed by atoms with Gasteiger partial charge in [-0.1, -0.05) is 0 Å². The fourth-order valence-electron chi connectivity index (χ4n) is 1.05. The first-order valence-corrected chi connectivity index (χ1v) is 4.11. The van der Waals surface area contributed by atoms with Gasteiger partial charge in [-0.05, 0) is 6.07 Å². The van der Waals surface area contributed by atoms with Gasteiger partial charge in [0, 0.05) is 16.8 Å². The van der Waals surface area contributed by atoms with Gasteiger partial charge in [-0.25, -0.2) is 8.78 Å². The van der Waals surface area contributed by atoms with Gasteiger partial charge in [-0.2, -0.15) is 0 Å². The van der Waals surface area contributed by atoms with Crippen LogP contribution in [0.4, 0.5) is 8.78 Å². The summed E-state index contributed by atoms with van der Waals surface area (Å²) in [5.74, 6) is -1.38. The summed E-state index contributed by atoms with van der Waals surface area (Å²) < 4.78 is 25.8. The molecular weight excluding hydrogens is 182 g/mol. The van der Waals surface area contributed by atoms with Gasteiger partial charge in [0.2, 0.25) is 0 Å². The van der Waals surface area contributed by atoms with Crippen LogP contribution in [0.15, 0.2) is 17.5 Å². The molecule has 1 aromatic carbocycles. The Balaban J connectivity index is 2.92. The number of hydrogen-bond acceptors (Lipinski definition) is 2. The topological polar surface area (TPSA) is 20.2 Å². The Morgan fingerprint density at radius 3 is 2.75 bits per heavy atom. The molecule has 0 aliphatic heterocycles. The average Bonchev–Trinajstić information content (AvgIpc) is 2.33. The van der Waals surface area contributed by atoms with Crippen molar-refractivity contribution in [2.45, 2.75) is 0 Å². The summed E-state index contributed by atoms with van der Waals surface area (Å²) in [7, 11) is 0. The summed E-state index contributed by atoms with van der Waals surface area (Å²) >= 11 is 1.06. The number of rotatable bonds is 0. The Bertz CT molecular complexity index is 436. The summed E-state index contributed by atoms with van der Waals surface area (Å²) in [5, 5.41) is 10.8. The lowest BCUT2D eigenvalue weighted by Crippen LogP contribution is -1.77. The van der Waals surface area contributed by atoms with Crippen molar-refractivity contribution in [3.63, 3.8) is 0 Å². The quantitative estimate of drug-likeness (QED) is 0.670. The monoisotopic (exact) mass is 186 g/mol. The maximum atomic E-state index is 12.9. The number of thiophene rings is 1. The van der Waals surface area contributed by atoms with Gasteiger partial charge < -0.3 is 5.11 Å². The van der Waals surface area contributed by atoms with Crippen LogP contribution in [0.25, 0.3) is 10.1 Å². The van der Waals surface area contributed by atoms with Crippen molar-refractivity contribution in [1.82, 2.24) is 0 Å². The first-order chi connectivity index (χ1) is 5.68. The Labute approximate surface area is 70.9 Å². The van der Waals surface area contributed by atoms with E-state index in [1.165, 1.54) is 5.38 Å². The molecule has 0 aliphatic rings. The summed E-state index contributed by atoms with van der Waals surface area (Å²) in [5.41, 5.74) is 0. The minimum atomic E-state index is -0.673. The second kappa shape index (κ2) is 2.42. The van der Waals surface area contributed by atoms with Crippen LogP contribution in [-0.4, -0.2) is 5.11 Å². The molecule has 1 aromatic heterocycles. The van der Waals surface area contributed by atoms with E-state index in [0.717, 1.165) is 23.5 Å². The number of benzene rings is 1. The van der Waals surface area contributed by atoms with Crippen molar-refractivity contribution in [2.75, 3.05) is 0 Å². The molecule has 12 heavy (non-hydrogen) atoms. The lowest BCUT2D eigenvalue weighted by atomic mass is 10.2. The minimum Gasteiger partial charge on any atom is -0.506 e. The van der Waals surface area contributed by atoms with Crippen molar-refractivity contribution >= 4 is 21.4 Å². The lowest BCUT2D eigenvalue weighted by molar-refractivity contribution is 0.483. The van der Waals surface area contributed by atoms with Crippen LogP contribution in [0.1, 0.15) is 0 Å². The van der Waals surface area contributed by atoms with E-state index < -0.39 is 11.6 Å². The largest absolute Gasteiger partial charge is 0.506 e. The lowest BCUT2D eigenvalue weighted by Gasteiger charge is -1.93. The highest BCUT2D eigenvalue weighted by molar-refractivity contribution is 7.17. The fourth-order valence-corrected chi connectivity index (χ4v) is 1.87. The van der Waals surface area contributed by atoms with Gasteiger partial charge in [-0.15, -0.1) is 11.3 Å². The number of hydrogen-bond donors (Lipinski definition) is 1. The molecule has 62 valence electrons. The highest BCUT2D eigenvalue weighted by atomic mass is 32.1. The number of aromatic hydroxyl groups is 1. The Morgan fingerprint density at radius 2 is 2.00 bits per heavy atom. The maximum Gasteiger partial charge on any atom is 0.144 e. The van der Waals surface area contributed by atoms with Crippen molar-refractivity contribution in [2.24, 2.45) is 0 Å². The molecule has 0 aliphatic carbocycles. The molecule has 0 saturated carbocycles. The third-order valence-corrected chi connectivity index (χ3v) is 2.56. The van der Waals surface area contributed by atoms with Crippen LogP contribution in [0.5, 0.6) is 5.75 Å². The van der Waals surface area contributed by atoms with Crippen LogP contribution < -0.4 is 0 Å². The summed E-state index contributed by atoms with van der Waals surface area (Å²) in [6.07, 6.45) is 0. The highest BCUT2D eigenvalue weighted by Gasteiger charge is 2.08. The van der Waals surface area contributed by atoms with Crippen molar-refractivity contribution < 1.29 is 13.9 Å². The zero-order valence-electron chi connectivity index (χ0n) is 5.84. The van der Waals surface area contributed by atoms with E-state index >= 15 is 0 Å². The number of halogens is 2. The molecule has 2 rings (SSSR count). The molecule has 4 heteroatoms. The van der Waals surface area contributed by atoms with E-state index in [-0.39, 0.29) is 15.8 Å². The predicted molar refractivity (Wildman–Crippen MR) is 43.4 cm³/mol. The van der Waals surface area contributed by atoms with Gasteiger partial charge in [0.25, 0.3) is 0 Å². The second-order valence-electron chi connectivity index (χ2n) is 2.39. The number of fused-ring (bicyclic) bond motifs is 1. The Hall–Kier alpha value is -1.16. The molecule has 0 atom stereocenters. The molecule has 1 N–H and O–H groups in total. The first kappa shape index (κ1) is 7.49. The van der Waals surface area contributed by atoms with E-state index in [4.69, 9.17) is 5.11 Å². The van der Waals surface area contributed by atoms with E-state index in [9.17, 15) is 8.78 Å². The standard InChI is InChI=1S/C8H4F2OS/c9-4-1-5-7(11)3-12-8(5)6(10)2-4/h1-3,11H. The van der Waals surface area contributed by atoms with Crippen molar-refractivity contribution in [3.8, 4) is 5.75 Å². The highest BCUT2D eigenvalue weighted by Crippen LogP contribution is 2.33. The third kappa shape index (κ3) is 0.956. The van der Waals surface area contributed by atoms with Gasteiger partial charge in [0.15, 0.2) is 0 Å². The normalized spacial score (nSPS) is 10.8. The SMILES string of the molecule is Oc1csc2c(F)cc(F)cc12. The molecule has 0 radical (unpaired) electrons. The Morgan fingerprint density at radius 1 is 1.25 bits per heavy atom. The molecule has 0 bridgehead atoms. The van der Waals surface area contributed by atoms with Crippen LogP contribution in [0.2, 0.25) is 0 Å². The molecule has 0 spiro atoms. The second-order valence-corrected chi connectivity index (χ2v) is 3.26. The van der Waals surface area contributed by atoms with Crippen molar-refractivity contribution in [1.29, 1.82) is 0 Å². The zero-order chi connectivity index (χ0) is 8.72. The molecule has 0 saturated heterocycles. The van der Waals surface area contributed by atoms with Gasteiger partial charge in [0.1, 0.15) is 17.4 Å². The van der Waals surface area contributed by atoms with Crippen molar-refractivity contribution in [3.05, 3.63) is 29.1 Å². The summed E-state index contributed by atoms with van der Waals surface area (Å²) in [6.45, 7) is 0. The van der Waals surface area contributed by atoms with E-state index in [2.05, 4.69) is 0 Å². The molecule has 0 unspecified atom stereocenters. The molecule has 1 nitrogen and oxygen atoms in total. The molecular formula is C8H4F2OS. The van der Waals surface area contributed by atoms with Crippen LogP contribution in [0, 0.1) is 11.6 Å². The molecule has 2 aromatic rings. The smallest absolute Gasteiger partial charge is 0.144 e. The molecule has 1 heterocycles. The Kier molecular flexibility index (Phi) is 1.51. The first-order valence-electron chi connectivity index (χ1n) is 3.23. The predicted octanol–water partition coefficient (Wildman–Crippen LogP) is 2.89. The van der Waals surface area contributed by atoms with Crippen LogP contribution >= 0.6 is 11.3 Å². The maximum absolute atomic E-state index is 12.9. The van der Waals surface area contributed by atoms with Gasteiger partial charge in [0.05, 0.1) is 4.70 Å². The molecule has 0 fully saturated rings. The molecule has 0 amide bonds. The third-order valence-electron chi connectivity index (χ3n) is 1.57. The zero-order valence-corrected chi connectivity index (χ0v) is 6.66. The van der Waals surface area contributed by atoms with Crippen LogP contribution in [-0.2, 0) is 0 Å². The van der Waals surface area contributed by atoms with E-state index in [1.807, 2.05) is 0 Å². The van der Waals surface area contributed by atoms with Crippen LogP contribution in [0.3, 0.4) is 0 Å². The summed E-state index contributed by atoms with van der Waals surface area (Å²) in [4.78, 5) is 0. The fraction of sp³-hybridized carbons (Fsp3) is 0.